The smallest absolute Gasteiger partial charge is 0.234 e. The number of carbonyl (C=O) groups excluding carboxylic acids is 1. The van der Waals surface area contributed by atoms with Gasteiger partial charge in [-0.05, 0) is 63.0 Å². The van der Waals surface area contributed by atoms with Crippen LogP contribution in [0.3, 0.4) is 0 Å². The molecule has 5 heteroatoms. The maximum absolute atomic E-state index is 11.3. The van der Waals surface area contributed by atoms with Crippen LogP contribution in [0.4, 0.5) is 5.69 Å². The lowest BCUT2D eigenvalue weighted by Gasteiger charge is -2.06. The fraction of sp³-hybridized carbons (Fsp3) is 0.222. The van der Waals surface area contributed by atoms with Crippen molar-refractivity contribution in [1.29, 1.82) is 0 Å². The van der Waals surface area contributed by atoms with Crippen LogP contribution in [0.5, 0.6) is 0 Å². The van der Waals surface area contributed by atoms with Gasteiger partial charge in [-0.2, -0.15) is 11.8 Å². The number of hydrogen-bond donors (Lipinski definition) is 1. The topological polar surface area (TPSA) is 29.1 Å². The molecule has 0 aliphatic carbocycles. The van der Waals surface area contributed by atoms with E-state index in [1.807, 2.05) is 24.5 Å². The number of carbonyl (C=O) groups is 1. The minimum atomic E-state index is 0.0272. The summed E-state index contributed by atoms with van der Waals surface area (Å²) in [6.07, 6.45) is 1.91. The van der Waals surface area contributed by atoms with Crippen LogP contribution in [0.2, 0.25) is 0 Å². The number of amides is 1. The summed E-state index contributed by atoms with van der Waals surface area (Å²) in [7, 11) is 0. The highest BCUT2D eigenvalue weighted by atomic mass is 127. The molecule has 14 heavy (non-hydrogen) atoms. The normalized spacial score (nSPS) is 9.93. The van der Waals surface area contributed by atoms with Crippen LogP contribution < -0.4 is 5.32 Å². The third-order valence-corrected chi connectivity index (χ3v) is 3.36. The van der Waals surface area contributed by atoms with E-state index in [1.165, 1.54) is 11.8 Å². The summed E-state index contributed by atoms with van der Waals surface area (Å²) in [5.74, 6) is 0.512. The Morgan fingerprint density at radius 3 is 2.93 bits per heavy atom. The molecular weight excluding hydrogens is 377 g/mol. The van der Waals surface area contributed by atoms with Gasteiger partial charge in [0, 0.05) is 8.04 Å². The Labute approximate surface area is 109 Å². The van der Waals surface area contributed by atoms with Crippen LogP contribution in [0.25, 0.3) is 0 Å². The summed E-state index contributed by atoms with van der Waals surface area (Å²) in [6, 6.07) is 5.82. The highest BCUT2D eigenvalue weighted by molar-refractivity contribution is 14.1. The highest BCUT2D eigenvalue weighted by Crippen LogP contribution is 2.24. The van der Waals surface area contributed by atoms with E-state index in [2.05, 4.69) is 43.8 Å². The van der Waals surface area contributed by atoms with Crippen LogP contribution >= 0.6 is 50.3 Å². The van der Waals surface area contributed by atoms with E-state index >= 15 is 0 Å². The summed E-state index contributed by atoms with van der Waals surface area (Å²) in [4.78, 5) is 11.3. The number of thioether (sulfide) groups is 1. The first-order chi connectivity index (χ1) is 6.63. The molecule has 0 unspecified atom stereocenters. The van der Waals surface area contributed by atoms with Crippen molar-refractivity contribution >= 4 is 61.9 Å². The van der Waals surface area contributed by atoms with Crippen molar-refractivity contribution in [3.63, 3.8) is 0 Å². The molecule has 1 amide bonds. The summed E-state index contributed by atoms with van der Waals surface area (Å²) < 4.78 is 2.05. The number of benzene rings is 1. The lowest BCUT2D eigenvalue weighted by molar-refractivity contribution is -0.113. The molecular formula is C9H9BrINOS. The quantitative estimate of drug-likeness (QED) is 0.808. The molecule has 0 bridgehead atoms. The lowest BCUT2D eigenvalue weighted by Crippen LogP contribution is -2.14. The average molecular weight is 386 g/mol. The van der Waals surface area contributed by atoms with Gasteiger partial charge in [0.2, 0.25) is 5.91 Å². The van der Waals surface area contributed by atoms with Gasteiger partial charge in [0.1, 0.15) is 0 Å². The molecule has 2 nitrogen and oxygen atoms in total. The van der Waals surface area contributed by atoms with Gasteiger partial charge in [-0.1, -0.05) is 0 Å². The van der Waals surface area contributed by atoms with Crippen molar-refractivity contribution in [3.8, 4) is 0 Å². The number of anilines is 1. The molecule has 1 aromatic carbocycles. The lowest BCUT2D eigenvalue weighted by atomic mass is 10.3. The second-order valence-electron chi connectivity index (χ2n) is 2.61. The summed E-state index contributed by atoms with van der Waals surface area (Å²) in [5, 5.41) is 2.83. The van der Waals surface area contributed by atoms with Crippen LogP contribution in [0.1, 0.15) is 0 Å². The molecule has 0 heterocycles. The van der Waals surface area contributed by atoms with Crippen LogP contribution in [-0.4, -0.2) is 17.9 Å². The zero-order valence-corrected chi connectivity index (χ0v) is 12.1. The predicted molar refractivity (Wildman–Crippen MR) is 73.9 cm³/mol. The second-order valence-corrected chi connectivity index (χ2v) is 5.57. The molecule has 1 N–H and O–H groups in total. The summed E-state index contributed by atoms with van der Waals surface area (Å²) in [5.41, 5.74) is 0.824. The molecule has 0 saturated heterocycles. The van der Waals surface area contributed by atoms with E-state index in [9.17, 15) is 4.79 Å². The third kappa shape index (κ3) is 3.78. The van der Waals surface area contributed by atoms with Crippen LogP contribution in [0.15, 0.2) is 22.7 Å². The van der Waals surface area contributed by atoms with Gasteiger partial charge < -0.3 is 5.32 Å². The second kappa shape index (κ2) is 5.97. The molecule has 76 valence electrons. The Kier molecular flexibility index (Phi) is 5.25. The molecule has 0 aliphatic heterocycles. The fourth-order valence-electron chi connectivity index (χ4n) is 0.908. The van der Waals surface area contributed by atoms with Crippen molar-refractivity contribution in [2.45, 2.75) is 0 Å². The molecule has 0 radical (unpaired) electrons. The van der Waals surface area contributed by atoms with Gasteiger partial charge in [0.05, 0.1) is 11.4 Å². The molecule has 0 saturated carbocycles. The first-order valence-corrected chi connectivity index (χ1v) is 7.14. The highest BCUT2D eigenvalue weighted by Gasteiger charge is 2.04. The molecule has 0 aromatic heterocycles. The Morgan fingerprint density at radius 2 is 2.36 bits per heavy atom. The van der Waals surface area contributed by atoms with E-state index in [0.29, 0.717) is 5.75 Å². The van der Waals surface area contributed by atoms with Gasteiger partial charge in [-0.3, -0.25) is 4.79 Å². The van der Waals surface area contributed by atoms with Crippen molar-refractivity contribution in [3.05, 3.63) is 26.2 Å². The molecule has 0 fully saturated rings. The van der Waals surface area contributed by atoms with E-state index in [1.54, 1.807) is 0 Å². The maximum Gasteiger partial charge on any atom is 0.234 e. The van der Waals surface area contributed by atoms with Crippen molar-refractivity contribution in [1.82, 2.24) is 0 Å². The predicted octanol–water partition coefficient (Wildman–Crippen LogP) is 3.36. The number of nitrogens with one attached hydrogen (secondary N) is 1. The van der Waals surface area contributed by atoms with Gasteiger partial charge in [0.15, 0.2) is 0 Å². The third-order valence-electron chi connectivity index (χ3n) is 1.48. The Bertz CT molecular complexity index is 346. The van der Waals surface area contributed by atoms with Gasteiger partial charge >= 0.3 is 0 Å². The van der Waals surface area contributed by atoms with E-state index in [4.69, 9.17) is 0 Å². The zero-order chi connectivity index (χ0) is 10.6. The Hall–Kier alpha value is 0.250. The SMILES string of the molecule is CSCC(=O)Nc1ccc(I)cc1Br. The summed E-state index contributed by atoms with van der Waals surface area (Å²) in [6.45, 7) is 0. The van der Waals surface area contributed by atoms with Crippen LogP contribution in [-0.2, 0) is 4.79 Å². The molecule has 0 atom stereocenters. The van der Waals surface area contributed by atoms with E-state index < -0.39 is 0 Å². The first-order valence-electron chi connectivity index (χ1n) is 3.87. The first kappa shape index (κ1) is 12.3. The molecule has 0 spiro atoms. The van der Waals surface area contributed by atoms with Crippen molar-refractivity contribution < 1.29 is 4.79 Å². The molecule has 1 aromatic rings. The van der Waals surface area contributed by atoms with E-state index in [0.717, 1.165) is 13.7 Å². The zero-order valence-electron chi connectivity index (χ0n) is 7.51. The van der Waals surface area contributed by atoms with Crippen molar-refractivity contribution in [2.24, 2.45) is 0 Å². The average Bonchev–Trinajstić information content (AvgIpc) is 2.10. The number of halogens is 2. The fourth-order valence-corrected chi connectivity index (χ4v) is 2.64. The van der Waals surface area contributed by atoms with E-state index in [-0.39, 0.29) is 5.91 Å². The monoisotopic (exact) mass is 385 g/mol. The Morgan fingerprint density at radius 1 is 1.64 bits per heavy atom. The van der Waals surface area contributed by atoms with Gasteiger partial charge in [0.25, 0.3) is 0 Å². The maximum atomic E-state index is 11.3. The Balaban J connectivity index is 2.72. The number of rotatable bonds is 3. The van der Waals surface area contributed by atoms with Gasteiger partial charge in [-0.15, -0.1) is 0 Å². The molecule has 0 aliphatic rings. The molecule has 1 rings (SSSR count). The minimum Gasteiger partial charge on any atom is -0.324 e. The minimum absolute atomic E-state index is 0.0272. The number of hydrogen-bond acceptors (Lipinski definition) is 2. The largest absolute Gasteiger partial charge is 0.324 e. The van der Waals surface area contributed by atoms with Gasteiger partial charge in [-0.25, -0.2) is 0 Å². The van der Waals surface area contributed by atoms with Crippen molar-refractivity contribution in [2.75, 3.05) is 17.3 Å². The standard InChI is InChI=1S/C9H9BrINOS/c1-14-5-9(13)12-8-3-2-6(11)4-7(8)10/h2-4H,5H2,1H3,(H,12,13). The summed E-state index contributed by atoms with van der Waals surface area (Å²) >= 11 is 7.14. The van der Waals surface area contributed by atoms with Crippen LogP contribution in [0, 0.1) is 3.57 Å².